The van der Waals surface area contributed by atoms with E-state index in [-0.39, 0.29) is 0 Å². The SMILES string of the molecule is CCc1cccc2c(C3=CCN(c4cncc(Cl)n4)CC3)c[nH]c12. The van der Waals surface area contributed by atoms with Crippen LogP contribution in [-0.4, -0.2) is 28.0 Å². The van der Waals surface area contributed by atoms with Crippen molar-refractivity contribution in [1.29, 1.82) is 0 Å². The van der Waals surface area contributed by atoms with Crippen molar-refractivity contribution in [2.75, 3.05) is 18.0 Å². The largest absolute Gasteiger partial charge is 0.360 e. The van der Waals surface area contributed by atoms with Crippen LogP contribution in [0.2, 0.25) is 5.15 Å². The lowest BCUT2D eigenvalue weighted by atomic mass is 9.97. The van der Waals surface area contributed by atoms with Crippen LogP contribution in [0.25, 0.3) is 16.5 Å². The van der Waals surface area contributed by atoms with Gasteiger partial charge < -0.3 is 9.88 Å². The molecule has 0 saturated heterocycles. The van der Waals surface area contributed by atoms with E-state index in [2.05, 4.69) is 57.2 Å². The van der Waals surface area contributed by atoms with Crippen LogP contribution in [-0.2, 0) is 6.42 Å². The summed E-state index contributed by atoms with van der Waals surface area (Å²) in [6, 6.07) is 6.54. The summed E-state index contributed by atoms with van der Waals surface area (Å²) in [5.41, 5.74) is 5.34. The number of aromatic nitrogens is 3. The molecule has 0 fully saturated rings. The molecule has 1 N–H and O–H groups in total. The highest BCUT2D eigenvalue weighted by Crippen LogP contribution is 2.31. The van der Waals surface area contributed by atoms with Crippen molar-refractivity contribution in [3.63, 3.8) is 0 Å². The summed E-state index contributed by atoms with van der Waals surface area (Å²) in [7, 11) is 0. The maximum atomic E-state index is 5.95. The number of hydrogen-bond donors (Lipinski definition) is 1. The average molecular weight is 339 g/mol. The zero-order valence-corrected chi connectivity index (χ0v) is 14.3. The van der Waals surface area contributed by atoms with Gasteiger partial charge in [-0.1, -0.05) is 42.8 Å². The lowest BCUT2D eigenvalue weighted by Crippen LogP contribution is -2.29. The summed E-state index contributed by atoms with van der Waals surface area (Å²) in [6.07, 6.45) is 9.78. The molecule has 1 aliphatic rings. The maximum Gasteiger partial charge on any atom is 0.149 e. The fraction of sp³-hybridized carbons (Fsp3) is 0.263. The predicted octanol–water partition coefficient (Wildman–Crippen LogP) is 4.47. The highest BCUT2D eigenvalue weighted by Gasteiger charge is 2.17. The summed E-state index contributed by atoms with van der Waals surface area (Å²) in [6.45, 7) is 3.94. The number of fused-ring (bicyclic) bond motifs is 1. The minimum atomic E-state index is 0.436. The second-order valence-corrected chi connectivity index (χ2v) is 6.41. The van der Waals surface area contributed by atoms with E-state index in [9.17, 15) is 0 Å². The van der Waals surface area contributed by atoms with Gasteiger partial charge in [0, 0.05) is 35.8 Å². The first-order valence-corrected chi connectivity index (χ1v) is 8.65. The fourth-order valence-electron chi connectivity index (χ4n) is 3.38. The van der Waals surface area contributed by atoms with Crippen molar-refractivity contribution >= 4 is 33.9 Å². The van der Waals surface area contributed by atoms with Crippen molar-refractivity contribution in [3.05, 3.63) is 59.1 Å². The second-order valence-electron chi connectivity index (χ2n) is 6.02. The van der Waals surface area contributed by atoms with Crippen LogP contribution >= 0.6 is 11.6 Å². The van der Waals surface area contributed by atoms with Crippen LogP contribution in [0.5, 0.6) is 0 Å². The minimum Gasteiger partial charge on any atom is -0.360 e. The van der Waals surface area contributed by atoms with E-state index >= 15 is 0 Å². The standard InChI is InChI=1S/C19H19ClN4/c1-2-13-4-3-5-15-16(10-22-19(13)15)14-6-8-24(9-7-14)18-12-21-11-17(20)23-18/h3-6,10-12,22H,2,7-9H2,1H3. The molecule has 3 heterocycles. The van der Waals surface area contributed by atoms with Crippen molar-refractivity contribution in [1.82, 2.24) is 15.0 Å². The monoisotopic (exact) mass is 338 g/mol. The molecule has 0 bridgehead atoms. The lowest BCUT2D eigenvalue weighted by molar-refractivity contribution is 0.813. The summed E-state index contributed by atoms with van der Waals surface area (Å²) < 4.78 is 0. The topological polar surface area (TPSA) is 44.8 Å². The van der Waals surface area contributed by atoms with Gasteiger partial charge in [0.1, 0.15) is 11.0 Å². The number of rotatable bonds is 3. The molecule has 1 aliphatic heterocycles. The van der Waals surface area contributed by atoms with E-state index in [0.29, 0.717) is 5.15 Å². The first-order valence-electron chi connectivity index (χ1n) is 8.27. The van der Waals surface area contributed by atoms with Crippen LogP contribution in [0.1, 0.15) is 24.5 Å². The maximum absolute atomic E-state index is 5.95. The van der Waals surface area contributed by atoms with Gasteiger partial charge in [-0.25, -0.2) is 4.98 Å². The van der Waals surface area contributed by atoms with E-state index in [1.807, 2.05) is 0 Å². The molecular weight excluding hydrogens is 320 g/mol. The number of para-hydroxylation sites is 1. The Morgan fingerprint density at radius 3 is 2.96 bits per heavy atom. The number of aryl methyl sites for hydroxylation is 1. The van der Waals surface area contributed by atoms with Crippen LogP contribution in [0.4, 0.5) is 5.82 Å². The quantitative estimate of drug-likeness (QED) is 0.766. The van der Waals surface area contributed by atoms with Gasteiger partial charge in [-0.2, -0.15) is 0 Å². The molecule has 4 rings (SSSR count). The molecular formula is C19H19ClN4. The minimum absolute atomic E-state index is 0.436. The molecule has 0 unspecified atom stereocenters. The van der Waals surface area contributed by atoms with Gasteiger partial charge >= 0.3 is 0 Å². The third-order valence-electron chi connectivity index (χ3n) is 4.65. The number of nitrogens with zero attached hydrogens (tertiary/aromatic N) is 3. The van der Waals surface area contributed by atoms with Crippen LogP contribution in [0, 0.1) is 0 Å². The molecule has 0 atom stereocenters. The van der Waals surface area contributed by atoms with Gasteiger partial charge in [0.05, 0.1) is 12.4 Å². The molecule has 0 spiro atoms. The highest BCUT2D eigenvalue weighted by atomic mass is 35.5. The first-order chi connectivity index (χ1) is 11.8. The highest BCUT2D eigenvalue weighted by molar-refractivity contribution is 6.29. The molecule has 0 aliphatic carbocycles. The van der Waals surface area contributed by atoms with E-state index in [4.69, 9.17) is 11.6 Å². The Labute approximate surface area is 146 Å². The zero-order chi connectivity index (χ0) is 16.5. The third-order valence-corrected chi connectivity index (χ3v) is 4.84. The predicted molar refractivity (Wildman–Crippen MR) is 99.5 cm³/mol. The van der Waals surface area contributed by atoms with E-state index in [1.54, 1.807) is 12.4 Å². The molecule has 0 radical (unpaired) electrons. The van der Waals surface area contributed by atoms with Crippen LogP contribution in [0.15, 0.2) is 42.9 Å². The van der Waals surface area contributed by atoms with Crippen LogP contribution in [0.3, 0.4) is 0 Å². The Balaban J connectivity index is 1.63. The zero-order valence-electron chi connectivity index (χ0n) is 13.6. The van der Waals surface area contributed by atoms with Crippen molar-refractivity contribution in [3.8, 4) is 0 Å². The Kier molecular flexibility index (Phi) is 3.98. The molecule has 1 aromatic carbocycles. The van der Waals surface area contributed by atoms with E-state index in [1.165, 1.54) is 27.6 Å². The summed E-state index contributed by atoms with van der Waals surface area (Å²) in [4.78, 5) is 14.1. The molecule has 5 heteroatoms. The van der Waals surface area contributed by atoms with Crippen molar-refractivity contribution < 1.29 is 0 Å². The summed E-state index contributed by atoms with van der Waals surface area (Å²) in [5.74, 6) is 0.838. The molecule has 0 saturated carbocycles. The summed E-state index contributed by atoms with van der Waals surface area (Å²) in [5, 5.41) is 1.75. The van der Waals surface area contributed by atoms with Crippen molar-refractivity contribution in [2.45, 2.75) is 19.8 Å². The number of benzene rings is 1. The number of aromatic amines is 1. The molecule has 0 amide bonds. The van der Waals surface area contributed by atoms with E-state index < -0.39 is 0 Å². The Morgan fingerprint density at radius 2 is 2.21 bits per heavy atom. The van der Waals surface area contributed by atoms with Crippen LogP contribution < -0.4 is 4.90 Å². The molecule has 2 aromatic heterocycles. The molecule has 24 heavy (non-hydrogen) atoms. The molecule has 3 aromatic rings. The second kappa shape index (κ2) is 6.29. The molecule has 4 nitrogen and oxygen atoms in total. The Bertz CT molecular complexity index is 913. The van der Waals surface area contributed by atoms with Gasteiger partial charge in [-0.05, 0) is 24.0 Å². The van der Waals surface area contributed by atoms with Gasteiger partial charge in [0.2, 0.25) is 0 Å². The molecule has 122 valence electrons. The number of nitrogens with one attached hydrogen (secondary N) is 1. The number of H-pyrrole nitrogens is 1. The smallest absolute Gasteiger partial charge is 0.149 e. The van der Waals surface area contributed by atoms with Crippen molar-refractivity contribution in [2.24, 2.45) is 0 Å². The number of halogens is 1. The Hall–Kier alpha value is -2.33. The third kappa shape index (κ3) is 2.67. The van der Waals surface area contributed by atoms with Gasteiger partial charge in [0.15, 0.2) is 0 Å². The van der Waals surface area contributed by atoms with Gasteiger partial charge in [-0.15, -0.1) is 0 Å². The van der Waals surface area contributed by atoms with E-state index in [0.717, 1.165) is 31.7 Å². The average Bonchev–Trinajstić information content (AvgIpc) is 3.06. The first kappa shape index (κ1) is 15.2. The van der Waals surface area contributed by atoms with Gasteiger partial charge in [0.25, 0.3) is 0 Å². The fourth-order valence-corrected chi connectivity index (χ4v) is 3.53. The summed E-state index contributed by atoms with van der Waals surface area (Å²) >= 11 is 5.95. The normalized spacial score (nSPS) is 14.9. The Morgan fingerprint density at radius 1 is 1.29 bits per heavy atom. The number of hydrogen-bond acceptors (Lipinski definition) is 3. The lowest BCUT2D eigenvalue weighted by Gasteiger charge is -2.27. The van der Waals surface area contributed by atoms with Gasteiger partial charge in [-0.3, -0.25) is 4.98 Å². The number of anilines is 1.